The third kappa shape index (κ3) is 4.97. The standard InChI is InChI=1S/C11H21N3O3.HI/c1-11(2,3)17-10(16)14-5-4-7(9(12)13)8(15)6-14;/h7-8,15H,4-6H2,1-3H3,(H3,12,13);1H. The molecule has 1 rings (SSSR count). The molecule has 6 nitrogen and oxygen atoms in total. The summed E-state index contributed by atoms with van der Waals surface area (Å²) in [7, 11) is 0. The van der Waals surface area contributed by atoms with Crippen molar-refractivity contribution in [3.05, 3.63) is 0 Å². The first kappa shape index (κ1) is 17.4. The van der Waals surface area contributed by atoms with Crippen LogP contribution in [0.5, 0.6) is 0 Å². The largest absolute Gasteiger partial charge is 0.444 e. The number of amides is 1. The predicted molar refractivity (Wildman–Crippen MR) is 79.2 cm³/mol. The number of hydrogen-bond acceptors (Lipinski definition) is 4. The number of nitrogens with two attached hydrogens (primary N) is 1. The number of hydrogen-bond donors (Lipinski definition) is 3. The van der Waals surface area contributed by atoms with Gasteiger partial charge in [-0.15, -0.1) is 24.0 Å². The molecule has 0 aromatic carbocycles. The molecule has 1 amide bonds. The Kier molecular flexibility index (Phi) is 6.35. The fourth-order valence-corrected chi connectivity index (χ4v) is 1.79. The molecule has 0 radical (unpaired) electrons. The molecule has 0 saturated carbocycles. The van der Waals surface area contributed by atoms with Crippen LogP contribution in [0.1, 0.15) is 27.2 Å². The van der Waals surface area contributed by atoms with E-state index in [0.717, 1.165) is 0 Å². The summed E-state index contributed by atoms with van der Waals surface area (Å²) in [5, 5.41) is 17.1. The summed E-state index contributed by atoms with van der Waals surface area (Å²) in [6, 6.07) is 0. The van der Waals surface area contributed by atoms with Crippen molar-refractivity contribution >= 4 is 35.9 Å². The number of carbonyl (C=O) groups excluding carboxylic acids is 1. The van der Waals surface area contributed by atoms with Gasteiger partial charge < -0.3 is 20.5 Å². The molecule has 1 aliphatic rings. The zero-order chi connectivity index (χ0) is 13.2. The second-order valence-electron chi connectivity index (χ2n) is 5.34. The van der Waals surface area contributed by atoms with E-state index in [1.54, 1.807) is 20.8 Å². The maximum atomic E-state index is 11.7. The van der Waals surface area contributed by atoms with E-state index in [2.05, 4.69) is 0 Å². The summed E-state index contributed by atoms with van der Waals surface area (Å²) in [6.45, 7) is 6.01. The number of ether oxygens (including phenoxy) is 1. The number of halogens is 1. The van der Waals surface area contributed by atoms with E-state index in [-0.39, 0.29) is 42.3 Å². The number of nitrogens with zero attached hydrogens (tertiary/aromatic N) is 1. The Morgan fingerprint density at radius 2 is 2.06 bits per heavy atom. The third-order valence-corrected chi connectivity index (χ3v) is 2.63. The molecule has 4 N–H and O–H groups in total. The Morgan fingerprint density at radius 3 is 2.44 bits per heavy atom. The van der Waals surface area contributed by atoms with Crippen LogP contribution in [-0.4, -0.2) is 46.7 Å². The summed E-state index contributed by atoms with van der Waals surface area (Å²) in [6.07, 6.45) is -0.720. The van der Waals surface area contributed by atoms with Crippen LogP contribution >= 0.6 is 24.0 Å². The smallest absolute Gasteiger partial charge is 0.410 e. The van der Waals surface area contributed by atoms with E-state index in [1.165, 1.54) is 4.90 Å². The number of rotatable bonds is 1. The first-order valence-electron chi connectivity index (χ1n) is 5.70. The molecule has 0 aliphatic carbocycles. The van der Waals surface area contributed by atoms with E-state index in [1.807, 2.05) is 0 Å². The molecule has 0 bridgehead atoms. The highest BCUT2D eigenvalue weighted by Gasteiger charge is 2.33. The number of piperidine rings is 1. The van der Waals surface area contributed by atoms with Crippen molar-refractivity contribution in [1.29, 1.82) is 5.41 Å². The highest BCUT2D eigenvalue weighted by Crippen LogP contribution is 2.19. The quantitative estimate of drug-likeness (QED) is 0.366. The van der Waals surface area contributed by atoms with Crippen LogP contribution in [0.2, 0.25) is 0 Å². The third-order valence-electron chi connectivity index (χ3n) is 2.63. The molecular weight excluding hydrogens is 349 g/mol. The van der Waals surface area contributed by atoms with Gasteiger partial charge in [0, 0.05) is 12.5 Å². The van der Waals surface area contributed by atoms with Crippen molar-refractivity contribution in [2.24, 2.45) is 11.7 Å². The van der Waals surface area contributed by atoms with Gasteiger partial charge in [0.2, 0.25) is 0 Å². The van der Waals surface area contributed by atoms with Crippen LogP contribution in [0.4, 0.5) is 4.79 Å². The Bertz CT molecular complexity index is 317. The van der Waals surface area contributed by atoms with Gasteiger partial charge in [0.1, 0.15) is 5.60 Å². The molecule has 1 heterocycles. The highest BCUT2D eigenvalue weighted by atomic mass is 127. The van der Waals surface area contributed by atoms with Gasteiger partial charge in [0.25, 0.3) is 0 Å². The van der Waals surface area contributed by atoms with E-state index >= 15 is 0 Å². The molecule has 0 aromatic heterocycles. The number of β-amino-alcohol motifs (C(OH)–C–C–N with tert-alkyl or cyclic N) is 1. The zero-order valence-corrected chi connectivity index (χ0v) is 13.3. The second kappa shape index (κ2) is 6.55. The second-order valence-corrected chi connectivity index (χ2v) is 5.34. The van der Waals surface area contributed by atoms with Gasteiger partial charge >= 0.3 is 6.09 Å². The molecule has 7 heteroatoms. The van der Waals surface area contributed by atoms with Crippen LogP contribution in [0.15, 0.2) is 0 Å². The fourth-order valence-electron chi connectivity index (χ4n) is 1.79. The normalized spacial score (nSPS) is 24.1. The lowest BCUT2D eigenvalue weighted by molar-refractivity contribution is -0.00328. The number of amidine groups is 1. The van der Waals surface area contributed by atoms with Gasteiger partial charge in [-0.05, 0) is 27.2 Å². The minimum Gasteiger partial charge on any atom is -0.444 e. The summed E-state index contributed by atoms with van der Waals surface area (Å²) < 4.78 is 5.21. The minimum absolute atomic E-state index is 0. The molecule has 1 fully saturated rings. The molecule has 18 heavy (non-hydrogen) atoms. The molecule has 0 spiro atoms. The summed E-state index contributed by atoms with van der Waals surface area (Å²) in [4.78, 5) is 13.2. The summed E-state index contributed by atoms with van der Waals surface area (Å²) >= 11 is 0. The van der Waals surface area contributed by atoms with Crippen molar-refractivity contribution in [3.8, 4) is 0 Å². The van der Waals surface area contributed by atoms with Crippen LogP contribution in [0, 0.1) is 11.3 Å². The first-order chi connectivity index (χ1) is 7.70. The lowest BCUT2D eigenvalue weighted by Gasteiger charge is -2.36. The zero-order valence-electron chi connectivity index (χ0n) is 11.0. The minimum atomic E-state index is -0.784. The number of nitrogens with one attached hydrogen (secondary N) is 1. The monoisotopic (exact) mass is 371 g/mol. The number of likely N-dealkylation sites (tertiary alicyclic amines) is 1. The van der Waals surface area contributed by atoms with E-state index < -0.39 is 17.8 Å². The van der Waals surface area contributed by atoms with Gasteiger partial charge in [-0.2, -0.15) is 0 Å². The van der Waals surface area contributed by atoms with Crippen molar-refractivity contribution in [2.75, 3.05) is 13.1 Å². The lowest BCUT2D eigenvalue weighted by Crippen LogP contribution is -2.51. The van der Waals surface area contributed by atoms with Gasteiger partial charge in [0.15, 0.2) is 0 Å². The van der Waals surface area contributed by atoms with Gasteiger partial charge in [-0.3, -0.25) is 5.41 Å². The van der Waals surface area contributed by atoms with Gasteiger partial charge in [-0.1, -0.05) is 0 Å². The maximum absolute atomic E-state index is 11.7. The van der Waals surface area contributed by atoms with Crippen molar-refractivity contribution < 1.29 is 14.6 Å². The molecule has 2 unspecified atom stereocenters. The average Bonchev–Trinajstić information content (AvgIpc) is 2.14. The molecular formula is C11H22IN3O3. The first-order valence-corrected chi connectivity index (χ1v) is 5.70. The molecule has 0 aromatic rings. The summed E-state index contributed by atoms with van der Waals surface area (Å²) in [5.74, 6) is -0.380. The predicted octanol–water partition coefficient (Wildman–Crippen LogP) is 1.16. The highest BCUT2D eigenvalue weighted by molar-refractivity contribution is 14.0. The topological polar surface area (TPSA) is 99.6 Å². The van der Waals surface area contributed by atoms with Crippen LogP contribution < -0.4 is 5.73 Å². The Balaban J connectivity index is 0.00000289. The van der Waals surface area contributed by atoms with Crippen LogP contribution in [-0.2, 0) is 4.74 Å². The van der Waals surface area contributed by atoms with Crippen molar-refractivity contribution in [2.45, 2.75) is 38.9 Å². The summed E-state index contributed by atoms with van der Waals surface area (Å²) in [5.41, 5.74) is 4.83. The Morgan fingerprint density at radius 1 is 1.50 bits per heavy atom. The molecule has 106 valence electrons. The number of carbonyl (C=O) groups is 1. The molecule has 1 saturated heterocycles. The van der Waals surface area contributed by atoms with Gasteiger partial charge in [-0.25, -0.2) is 4.79 Å². The number of aliphatic hydroxyl groups is 1. The Labute approximate surface area is 124 Å². The SMILES string of the molecule is CC(C)(C)OC(=O)N1CCC(C(=N)N)C(O)C1.I. The van der Waals surface area contributed by atoms with Crippen LogP contribution in [0.3, 0.4) is 0 Å². The van der Waals surface area contributed by atoms with Crippen LogP contribution in [0.25, 0.3) is 0 Å². The van der Waals surface area contributed by atoms with Crippen molar-refractivity contribution in [1.82, 2.24) is 4.90 Å². The average molecular weight is 371 g/mol. The van der Waals surface area contributed by atoms with E-state index in [9.17, 15) is 9.90 Å². The fraction of sp³-hybridized carbons (Fsp3) is 0.818. The van der Waals surface area contributed by atoms with Crippen molar-refractivity contribution in [3.63, 3.8) is 0 Å². The van der Waals surface area contributed by atoms with E-state index in [4.69, 9.17) is 15.9 Å². The molecule has 1 aliphatic heterocycles. The maximum Gasteiger partial charge on any atom is 0.410 e. The van der Waals surface area contributed by atoms with E-state index in [0.29, 0.717) is 13.0 Å². The molecule has 2 atom stereocenters. The van der Waals surface area contributed by atoms with Gasteiger partial charge in [0.05, 0.1) is 18.5 Å². The lowest BCUT2D eigenvalue weighted by atomic mass is 9.93. The Hall–Kier alpha value is -0.570. The number of aliphatic hydroxyl groups excluding tert-OH is 1.